The van der Waals surface area contributed by atoms with Gasteiger partial charge in [0.1, 0.15) is 5.60 Å². The number of piperidine rings is 1. The van der Waals surface area contributed by atoms with Crippen LogP contribution in [-0.4, -0.2) is 40.8 Å². The zero-order chi connectivity index (χ0) is 13.5. The van der Waals surface area contributed by atoms with Crippen molar-refractivity contribution in [2.24, 2.45) is 17.8 Å². The number of hydrogen-bond donors (Lipinski definition) is 1. The van der Waals surface area contributed by atoms with Crippen LogP contribution < -0.4 is 0 Å². The molecule has 0 aromatic carbocycles. The van der Waals surface area contributed by atoms with E-state index in [1.54, 1.807) is 4.90 Å². The van der Waals surface area contributed by atoms with Gasteiger partial charge in [-0.15, -0.1) is 0 Å². The Morgan fingerprint density at radius 2 is 1.83 bits per heavy atom. The van der Waals surface area contributed by atoms with Gasteiger partial charge in [-0.25, -0.2) is 4.79 Å². The van der Waals surface area contributed by atoms with Crippen molar-refractivity contribution in [1.29, 1.82) is 0 Å². The van der Waals surface area contributed by atoms with Crippen molar-refractivity contribution in [3.8, 4) is 0 Å². The number of nitrogens with zero attached hydrogens (tertiary/aromatic N) is 1. The quantitative estimate of drug-likeness (QED) is 0.837. The Labute approximate surface area is 107 Å². The number of carbonyl (C=O) groups excluding carboxylic acids is 1. The molecule has 0 aromatic heterocycles. The highest BCUT2D eigenvalue weighted by Gasteiger charge is 2.56. The lowest BCUT2D eigenvalue weighted by Crippen LogP contribution is -2.37. The summed E-state index contributed by atoms with van der Waals surface area (Å²) in [6.07, 6.45) is 0.739. The van der Waals surface area contributed by atoms with E-state index in [4.69, 9.17) is 9.84 Å². The second-order valence-corrected chi connectivity index (χ2v) is 6.31. The Hall–Kier alpha value is -1.26. The molecule has 2 atom stereocenters. The lowest BCUT2D eigenvalue weighted by atomic mass is 10.1. The van der Waals surface area contributed by atoms with Crippen molar-refractivity contribution >= 4 is 12.1 Å². The fraction of sp³-hybridized carbons (Fsp3) is 0.846. The first-order valence-corrected chi connectivity index (χ1v) is 6.47. The average Bonchev–Trinajstić information content (AvgIpc) is 2.67. The van der Waals surface area contributed by atoms with Crippen LogP contribution in [0.5, 0.6) is 0 Å². The van der Waals surface area contributed by atoms with E-state index < -0.39 is 11.6 Å². The summed E-state index contributed by atoms with van der Waals surface area (Å²) in [6.45, 7) is 7.03. The maximum absolute atomic E-state index is 11.8. The first-order valence-electron chi connectivity index (χ1n) is 6.47. The maximum atomic E-state index is 11.8. The molecular formula is C13H21NO4. The number of hydrogen-bond acceptors (Lipinski definition) is 3. The monoisotopic (exact) mass is 255 g/mol. The standard InChI is InChI=1S/C13H21NO4/c1-13(2,3)18-12(17)14-6-9-8(10(9)7-14)4-5-11(15)16/h8-10H,4-7H2,1-3H3,(H,15,16). The van der Waals surface area contributed by atoms with Crippen LogP contribution in [0.1, 0.15) is 33.6 Å². The maximum Gasteiger partial charge on any atom is 0.410 e. The summed E-state index contributed by atoms with van der Waals surface area (Å²) < 4.78 is 5.32. The summed E-state index contributed by atoms with van der Waals surface area (Å²) in [7, 11) is 0. The van der Waals surface area contributed by atoms with Gasteiger partial charge in [0.25, 0.3) is 0 Å². The molecular weight excluding hydrogens is 234 g/mol. The minimum absolute atomic E-state index is 0.240. The summed E-state index contributed by atoms with van der Waals surface area (Å²) >= 11 is 0. The average molecular weight is 255 g/mol. The molecule has 1 amide bonds. The van der Waals surface area contributed by atoms with Crippen LogP contribution in [0.15, 0.2) is 0 Å². The normalized spacial score (nSPS) is 29.9. The van der Waals surface area contributed by atoms with Crippen LogP contribution >= 0.6 is 0 Å². The molecule has 1 aliphatic carbocycles. The molecule has 1 saturated heterocycles. The first kappa shape index (κ1) is 13.2. The number of carboxylic acids is 1. The molecule has 1 aliphatic heterocycles. The Balaban J connectivity index is 1.74. The summed E-state index contributed by atoms with van der Waals surface area (Å²) in [6, 6.07) is 0. The van der Waals surface area contributed by atoms with Gasteiger partial charge in [0.2, 0.25) is 0 Å². The van der Waals surface area contributed by atoms with Crippen molar-refractivity contribution in [2.75, 3.05) is 13.1 Å². The third-order valence-corrected chi connectivity index (χ3v) is 3.71. The zero-order valence-electron chi connectivity index (χ0n) is 11.2. The predicted molar refractivity (Wildman–Crippen MR) is 65.1 cm³/mol. The highest BCUT2D eigenvalue weighted by molar-refractivity contribution is 5.69. The van der Waals surface area contributed by atoms with Gasteiger partial charge in [-0.3, -0.25) is 4.79 Å². The summed E-state index contributed by atoms with van der Waals surface area (Å²) in [5.74, 6) is 0.762. The number of aliphatic carboxylic acids is 1. The van der Waals surface area contributed by atoms with Crippen LogP contribution in [-0.2, 0) is 9.53 Å². The predicted octanol–water partition coefficient (Wildman–Crippen LogP) is 1.96. The molecule has 1 saturated carbocycles. The molecule has 1 N–H and O–H groups in total. The fourth-order valence-corrected chi connectivity index (χ4v) is 2.84. The fourth-order valence-electron chi connectivity index (χ4n) is 2.84. The second-order valence-electron chi connectivity index (χ2n) is 6.31. The number of ether oxygens (including phenoxy) is 1. The molecule has 0 aromatic rings. The number of rotatable bonds is 3. The first-order chi connectivity index (χ1) is 8.28. The third kappa shape index (κ3) is 2.94. The molecule has 2 aliphatic rings. The van der Waals surface area contributed by atoms with Crippen molar-refractivity contribution in [3.63, 3.8) is 0 Å². The van der Waals surface area contributed by atoms with Gasteiger partial charge in [-0.05, 0) is 44.9 Å². The Kier molecular flexibility index (Phi) is 3.25. The number of amides is 1. The minimum Gasteiger partial charge on any atom is -0.481 e. The van der Waals surface area contributed by atoms with E-state index in [0.29, 0.717) is 17.8 Å². The van der Waals surface area contributed by atoms with Crippen molar-refractivity contribution in [1.82, 2.24) is 4.90 Å². The molecule has 0 radical (unpaired) electrons. The summed E-state index contributed by atoms with van der Waals surface area (Å²) in [5.41, 5.74) is -0.452. The van der Waals surface area contributed by atoms with E-state index >= 15 is 0 Å². The van der Waals surface area contributed by atoms with E-state index in [9.17, 15) is 9.59 Å². The summed E-state index contributed by atoms with van der Waals surface area (Å²) in [5, 5.41) is 8.64. The van der Waals surface area contributed by atoms with Crippen molar-refractivity contribution < 1.29 is 19.4 Å². The SMILES string of the molecule is CC(C)(C)OC(=O)N1CC2C(CCC(=O)O)C2C1. The number of carbonyl (C=O) groups is 2. The molecule has 18 heavy (non-hydrogen) atoms. The van der Waals surface area contributed by atoms with Crippen molar-refractivity contribution in [2.45, 2.75) is 39.2 Å². The molecule has 102 valence electrons. The largest absolute Gasteiger partial charge is 0.481 e. The van der Waals surface area contributed by atoms with Gasteiger partial charge in [-0.2, -0.15) is 0 Å². The third-order valence-electron chi connectivity index (χ3n) is 3.71. The van der Waals surface area contributed by atoms with E-state index in [0.717, 1.165) is 19.5 Å². The number of likely N-dealkylation sites (tertiary alicyclic amines) is 1. The van der Waals surface area contributed by atoms with Crippen LogP contribution in [0.4, 0.5) is 4.79 Å². The molecule has 0 bridgehead atoms. The van der Waals surface area contributed by atoms with Crippen LogP contribution in [0.2, 0.25) is 0 Å². The zero-order valence-corrected chi connectivity index (χ0v) is 11.2. The molecule has 1 heterocycles. The Morgan fingerprint density at radius 3 is 2.28 bits per heavy atom. The topological polar surface area (TPSA) is 66.8 Å². The van der Waals surface area contributed by atoms with E-state index in [1.807, 2.05) is 20.8 Å². The number of fused-ring (bicyclic) bond motifs is 1. The van der Waals surface area contributed by atoms with E-state index in [-0.39, 0.29) is 12.5 Å². The van der Waals surface area contributed by atoms with Crippen LogP contribution in [0.3, 0.4) is 0 Å². The van der Waals surface area contributed by atoms with Gasteiger partial charge in [0.15, 0.2) is 0 Å². The van der Waals surface area contributed by atoms with Gasteiger partial charge in [-0.1, -0.05) is 0 Å². The van der Waals surface area contributed by atoms with Gasteiger partial charge in [0.05, 0.1) is 0 Å². The smallest absolute Gasteiger partial charge is 0.410 e. The van der Waals surface area contributed by atoms with Crippen LogP contribution in [0, 0.1) is 17.8 Å². The van der Waals surface area contributed by atoms with E-state index in [1.165, 1.54) is 0 Å². The highest BCUT2D eigenvalue weighted by Crippen LogP contribution is 2.54. The van der Waals surface area contributed by atoms with Gasteiger partial charge in [0, 0.05) is 19.5 Å². The molecule has 0 spiro atoms. The lowest BCUT2D eigenvalue weighted by Gasteiger charge is -2.25. The Morgan fingerprint density at radius 1 is 1.28 bits per heavy atom. The Bertz CT molecular complexity index is 348. The van der Waals surface area contributed by atoms with Gasteiger partial charge >= 0.3 is 12.1 Å². The summed E-state index contributed by atoms with van der Waals surface area (Å²) in [4.78, 5) is 24.1. The van der Waals surface area contributed by atoms with Crippen molar-refractivity contribution in [3.05, 3.63) is 0 Å². The highest BCUT2D eigenvalue weighted by atomic mass is 16.6. The molecule has 2 unspecified atom stereocenters. The molecule has 5 heteroatoms. The van der Waals surface area contributed by atoms with Gasteiger partial charge < -0.3 is 14.7 Å². The lowest BCUT2D eigenvalue weighted by molar-refractivity contribution is -0.137. The molecule has 2 fully saturated rings. The van der Waals surface area contributed by atoms with Crippen LogP contribution in [0.25, 0.3) is 0 Å². The number of carboxylic acid groups (broad SMARTS) is 1. The minimum atomic E-state index is -0.732. The second kappa shape index (κ2) is 4.44. The molecule has 2 rings (SSSR count). The molecule has 5 nitrogen and oxygen atoms in total. The van der Waals surface area contributed by atoms with E-state index in [2.05, 4.69) is 0 Å².